The molecule has 4 heteroatoms. The molecule has 1 amide bonds. The summed E-state index contributed by atoms with van der Waals surface area (Å²) in [6.45, 7) is 3.61. The lowest BCUT2D eigenvalue weighted by molar-refractivity contribution is -0.121. The van der Waals surface area contributed by atoms with Gasteiger partial charge in [-0.3, -0.25) is 4.79 Å². The second-order valence-electron chi connectivity index (χ2n) is 3.71. The fraction of sp³-hybridized carbons (Fsp3) is 0.462. The number of nitrogens with two attached hydrogens (primary N) is 1. The summed E-state index contributed by atoms with van der Waals surface area (Å²) in [6, 6.07) is 7.72. The van der Waals surface area contributed by atoms with Crippen molar-refractivity contribution < 1.29 is 9.53 Å². The first-order valence-corrected chi connectivity index (χ1v) is 5.95. The Morgan fingerprint density at radius 2 is 2.18 bits per heavy atom. The number of amides is 1. The predicted molar refractivity (Wildman–Crippen MR) is 67.7 cm³/mol. The summed E-state index contributed by atoms with van der Waals surface area (Å²) in [5.41, 5.74) is 6.34. The molecule has 0 aliphatic heterocycles. The van der Waals surface area contributed by atoms with Crippen LogP contribution in [0.15, 0.2) is 24.3 Å². The van der Waals surface area contributed by atoms with E-state index in [2.05, 4.69) is 5.32 Å². The summed E-state index contributed by atoms with van der Waals surface area (Å²) in [6.07, 6.45) is 1.20. The summed E-state index contributed by atoms with van der Waals surface area (Å²) in [7, 11) is 0. The molecule has 0 spiro atoms. The third-order valence-corrected chi connectivity index (χ3v) is 2.36. The molecule has 0 aromatic heterocycles. The smallest absolute Gasteiger partial charge is 0.220 e. The number of hydrogen-bond acceptors (Lipinski definition) is 3. The van der Waals surface area contributed by atoms with Crippen molar-refractivity contribution in [3.05, 3.63) is 29.8 Å². The van der Waals surface area contributed by atoms with Crippen molar-refractivity contribution in [3.8, 4) is 5.75 Å². The minimum Gasteiger partial charge on any atom is -0.494 e. The zero-order valence-corrected chi connectivity index (χ0v) is 10.2. The molecule has 0 fully saturated rings. The lowest BCUT2D eigenvalue weighted by Crippen LogP contribution is -2.23. The largest absolute Gasteiger partial charge is 0.494 e. The summed E-state index contributed by atoms with van der Waals surface area (Å²) in [4.78, 5) is 11.4. The Balaban J connectivity index is 2.47. The Kier molecular flexibility index (Phi) is 6.10. The van der Waals surface area contributed by atoms with Gasteiger partial charge < -0.3 is 15.8 Å². The highest BCUT2D eigenvalue weighted by Crippen LogP contribution is 2.17. The molecule has 0 atom stereocenters. The van der Waals surface area contributed by atoms with Gasteiger partial charge in [0.05, 0.1) is 6.61 Å². The average molecular weight is 236 g/mol. The maximum absolute atomic E-state index is 11.4. The van der Waals surface area contributed by atoms with Crippen molar-refractivity contribution in [1.82, 2.24) is 5.32 Å². The van der Waals surface area contributed by atoms with E-state index in [0.29, 0.717) is 26.1 Å². The van der Waals surface area contributed by atoms with E-state index in [4.69, 9.17) is 10.5 Å². The Morgan fingerprint density at radius 1 is 1.41 bits per heavy atom. The fourth-order valence-electron chi connectivity index (χ4n) is 1.49. The molecule has 0 saturated heterocycles. The van der Waals surface area contributed by atoms with Crippen LogP contribution in [0, 0.1) is 0 Å². The van der Waals surface area contributed by atoms with Crippen LogP contribution in [0.5, 0.6) is 5.75 Å². The zero-order chi connectivity index (χ0) is 12.5. The van der Waals surface area contributed by atoms with Crippen LogP contribution in [0.1, 0.15) is 25.3 Å². The monoisotopic (exact) mass is 236 g/mol. The summed E-state index contributed by atoms with van der Waals surface area (Å²) < 4.78 is 5.48. The number of para-hydroxylation sites is 1. The first-order chi connectivity index (χ1) is 8.27. The van der Waals surface area contributed by atoms with Crippen molar-refractivity contribution in [2.24, 2.45) is 5.73 Å². The Bertz CT molecular complexity index is 353. The molecule has 3 N–H and O–H groups in total. The second kappa shape index (κ2) is 7.68. The van der Waals surface area contributed by atoms with Crippen LogP contribution in [-0.4, -0.2) is 19.1 Å². The molecule has 0 saturated carbocycles. The molecule has 1 rings (SSSR count). The van der Waals surface area contributed by atoms with Gasteiger partial charge in [-0.25, -0.2) is 0 Å². The summed E-state index contributed by atoms with van der Waals surface area (Å²) in [5, 5.41) is 2.86. The quantitative estimate of drug-likeness (QED) is 0.753. The van der Waals surface area contributed by atoms with Crippen molar-refractivity contribution >= 4 is 5.91 Å². The zero-order valence-electron chi connectivity index (χ0n) is 10.2. The van der Waals surface area contributed by atoms with Crippen LogP contribution in [0.25, 0.3) is 0 Å². The normalized spacial score (nSPS) is 10.0. The van der Waals surface area contributed by atoms with Crippen molar-refractivity contribution in [3.63, 3.8) is 0 Å². The van der Waals surface area contributed by atoms with Gasteiger partial charge in [0, 0.05) is 18.5 Å². The van der Waals surface area contributed by atoms with Crippen LogP contribution in [0.4, 0.5) is 0 Å². The van der Waals surface area contributed by atoms with Crippen molar-refractivity contribution in [2.75, 3.05) is 13.2 Å². The van der Waals surface area contributed by atoms with E-state index >= 15 is 0 Å². The molecule has 0 bridgehead atoms. The summed E-state index contributed by atoms with van der Waals surface area (Å²) in [5.74, 6) is 0.857. The lowest BCUT2D eigenvalue weighted by Gasteiger charge is -2.10. The molecule has 0 aliphatic rings. The SMILES string of the molecule is CCOc1ccccc1CNC(=O)CCCN. The van der Waals surface area contributed by atoms with Gasteiger partial charge in [-0.05, 0) is 26.0 Å². The number of hydrogen-bond donors (Lipinski definition) is 2. The number of ether oxygens (including phenoxy) is 1. The van der Waals surface area contributed by atoms with E-state index < -0.39 is 0 Å². The molecular formula is C13H20N2O2. The number of rotatable bonds is 7. The first kappa shape index (κ1) is 13.5. The van der Waals surface area contributed by atoms with Crippen LogP contribution >= 0.6 is 0 Å². The average Bonchev–Trinajstić information content (AvgIpc) is 2.35. The minimum absolute atomic E-state index is 0.0294. The lowest BCUT2D eigenvalue weighted by atomic mass is 10.2. The first-order valence-electron chi connectivity index (χ1n) is 5.95. The molecule has 1 aromatic rings. The van der Waals surface area contributed by atoms with Gasteiger partial charge in [-0.1, -0.05) is 18.2 Å². The summed E-state index contributed by atoms with van der Waals surface area (Å²) >= 11 is 0. The predicted octanol–water partition coefficient (Wildman–Crippen LogP) is 1.44. The number of carbonyl (C=O) groups is 1. The maximum atomic E-state index is 11.4. The van der Waals surface area contributed by atoms with Crippen LogP contribution < -0.4 is 15.8 Å². The Hall–Kier alpha value is -1.55. The third-order valence-electron chi connectivity index (χ3n) is 2.36. The minimum atomic E-state index is 0.0294. The van der Waals surface area contributed by atoms with Crippen LogP contribution in [0.3, 0.4) is 0 Å². The molecule has 0 heterocycles. The fourth-order valence-corrected chi connectivity index (χ4v) is 1.49. The topological polar surface area (TPSA) is 64.3 Å². The highest BCUT2D eigenvalue weighted by Gasteiger charge is 2.04. The van der Waals surface area contributed by atoms with E-state index in [9.17, 15) is 4.79 Å². The molecule has 4 nitrogen and oxygen atoms in total. The third kappa shape index (κ3) is 4.87. The highest BCUT2D eigenvalue weighted by molar-refractivity contribution is 5.75. The highest BCUT2D eigenvalue weighted by atomic mass is 16.5. The van der Waals surface area contributed by atoms with Crippen molar-refractivity contribution in [1.29, 1.82) is 0 Å². The van der Waals surface area contributed by atoms with E-state index in [-0.39, 0.29) is 5.91 Å². The Morgan fingerprint density at radius 3 is 2.88 bits per heavy atom. The van der Waals surface area contributed by atoms with E-state index in [0.717, 1.165) is 17.7 Å². The van der Waals surface area contributed by atoms with Gasteiger partial charge in [0.1, 0.15) is 5.75 Å². The van der Waals surface area contributed by atoms with E-state index in [1.807, 2.05) is 31.2 Å². The van der Waals surface area contributed by atoms with Gasteiger partial charge in [0.2, 0.25) is 5.91 Å². The molecule has 0 unspecified atom stereocenters. The van der Waals surface area contributed by atoms with Gasteiger partial charge in [0.15, 0.2) is 0 Å². The van der Waals surface area contributed by atoms with Crippen LogP contribution in [0.2, 0.25) is 0 Å². The van der Waals surface area contributed by atoms with Crippen LogP contribution in [-0.2, 0) is 11.3 Å². The van der Waals surface area contributed by atoms with Gasteiger partial charge in [-0.2, -0.15) is 0 Å². The van der Waals surface area contributed by atoms with Gasteiger partial charge in [0.25, 0.3) is 0 Å². The van der Waals surface area contributed by atoms with Crippen molar-refractivity contribution in [2.45, 2.75) is 26.3 Å². The number of carbonyl (C=O) groups excluding carboxylic acids is 1. The second-order valence-corrected chi connectivity index (χ2v) is 3.71. The molecule has 94 valence electrons. The van der Waals surface area contributed by atoms with E-state index in [1.165, 1.54) is 0 Å². The maximum Gasteiger partial charge on any atom is 0.220 e. The molecule has 17 heavy (non-hydrogen) atoms. The molecule has 0 aliphatic carbocycles. The van der Waals surface area contributed by atoms with Gasteiger partial charge in [-0.15, -0.1) is 0 Å². The Labute approximate surface area is 102 Å². The number of nitrogens with one attached hydrogen (secondary N) is 1. The van der Waals surface area contributed by atoms with E-state index in [1.54, 1.807) is 0 Å². The molecular weight excluding hydrogens is 216 g/mol. The molecule has 0 radical (unpaired) electrons. The standard InChI is InChI=1S/C13H20N2O2/c1-2-17-12-7-4-3-6-11(12)10-15-13(16)8-5-9-14/h3-4,6-7H,2,5,8-10,14H2,1H3,(H,15,16). The molecule has 1 aromatic carbocycles. The van der Waals surface area contributed by atoms with Gasteiger partial charge >= 0.3 is 0 Å². The number of benzene rings is 1.